The molecule has 0 aliphatic rings. The summed E-state index contributed by atoms with van der Waals surface area (Å²) in [5, 5.41) is 3.81. The van der Waals surface area contributed by atoms with Crippen LogP contribution >= 0.6 is 0 Å². The van der Waals surface area contributed by atoms with Crippen molar-refractivity contribution in [3.8, 4) is 0 Å². The first-order valence-electron chi connectivity index (χ1n) is 3.51. The molecule has 1 aromatic rings. The monoisotopic (exact) mass is 149 g/mol. The van der Waals surface area contributed by atoms with Crippen molar-refractivity contribution in [2.75, 3.05) is 0 Å². The van der Waals surface area contributed by atoms with E-state index < -0.39 is 0 Å². The average Bonchev–Trinajstić information content (AvgIpc) is 2.33. The Morgan fingerprint density at radius 2 is 2.27 bits per heavy atom. The van der Waals surface area contributed by atoms with E-state index in [-0.39, 0.29) is 0 Å². The van der Waals surface area contributed by atoms with E-state index in [0.29, 0.717) is 0 Å². The first-order chi connectivity index (χ1) is 5.29. The normalized spacial score (nSPS) is 10.7. The van der Waals surface area contributed by atoms with Gasteiger partial charge in [-0.1, -0.05) is 23.9 Å². The fraction of sp³-hybridized carbons (Fsp3) is 0.222. The number of rotatable bonds is 2. The summed E-state index contributed by atoms with van der Waals surface area (Å²) in [4.78, 5) is 0. The maximum Gasteiger partial charge on any atom is 0.166 e. The molecule has 2 heteroatoms. The minimum absolute atomic E-state index is 0.778. The molecule has 1 rings (SSSR count). The lowest BCUT2D eigenvalue weighted by molar-refractivity contribution is 0.408. The number of aromatic nitrogens is 1. The summed E-state index contributed by atoms with van der Waals surface area (Å²) in [6, 6.07) is 0. The maximum atomic E-state index is 5.02. The highest BCUT2D eigenvalue weighted by Gasteiger charge is 2.04. The molecule has 0 atom stereocenters. The zero-order valence-corrected chi connectivity index (χ0v) is 6.79. The molecule has 0 unspecified atom stereocenters. The summed E-state index contributed by atoms with van der Waals surface area (Å²) in [5.74, 6) is 0.778. The highest BCUT2D eigenvalue weighted by molar-refractivity contribution is 5.61. The van der Waals surface area contributed by atoms with Crippen molar-refractivity contribution in [3.63, 3.8) is 0 Å². The summed E-state index contributed by atoms with van der Waals surface area (Å²) in [6.45, 7) is 7.50. The van der Waals surface area contributed by atoms with Crippen LogP contribution in [0.15, 0.2) is 17.2 Å². The molecule has 0 saturated carbocycles. The van der Waals surface area contributed by atoms with E-state index in [1.165, 1.54) is 0 Å². The van der Waals surface area contributed by atoms with Crippen LogP contribution in [0, 0.1) is 6.92 Å². The third kappa shape index (κ3) is 1.40. The van der Waals surface area contributed by atoms with Crippen LogP contribution in [0.3, 0.4) is 0 Å². The number of nitrogens with zero attached hydrogens (tertiary/aromatic N) is 1. The van der Waals surface area contributed by atoms with Gasteiger partial charge in [0, 0.05) is 5.56 Å². The van der Waals surface area contributed by atoms with Gasteiger partial charge in [-0.15, -0.1) is 0 Å². The van der Waals surface area contributed by atoms with E-state index in [1.54, 1.807) is 6.08 Å². The van der Waals surface area contributed by atoms with Gasteiger partial charge in [-0.3, -0.25) is 0 Å². The second kappa shape index (κ2) is 3.19. The molecule has 0 bridgehead atoms. The topological polar surface area (TPSA) is 26.0 Å². The molecule has 58 valence electrons. The SMILES string of the molecule is C=Cc1c(C)noc1/C=C\C. The first kappa shape index (κ1) is 7.79. The van der Waals surface area contributed by atoms with Crippen molar-refractivity contribution in [1.29, 1.82) is 0 Å². The first-order valence-corrected chi connectivity index (χ1v) is 3.51. The van der Waals surface area contributed by atoms with Crippen molar-refractivity contribution >= 4 is 12.2 Å². The summed E-state index contributed by atoms with van der Waals surface area (Å²) in [7, 11) is 0. The zero-order chi connectivity index (χ0) is 8.27. The van der Waals surface area contributed by atoms with E-state index in [2.05, 4.69) is 11.7 Å². The van der Waals surface area contributed by atoms with Gasteiger partial charge in [-0.2, -0.15) is 0 Å². The van der Waals surface area contributed by atoms with Crippen LogP contribution in [0.5, 0.6) is 0 Å². The smallest absolute Gasteiger partial charge is 0.166 e. The second-order valence-corrected chi connectivity index (χ2v) is 2.25. The third-order valence-corrected chi connectivity index (χ3v) is 1.46. The minimum atomic E-state index is 0.778. The molecule has 0 saturated heterocycles. The third-order valence-electron chi connectivity index (χ3n) is 1.46. The van der Waals surface area contributed by atoms with Crippen LogP contribution in [0.1, 0.15) is 23.9 Å². The van der Waals surface area contributed by atoms with Gasteiger partial charge in [0.25, 0.3) is 0 Å². The lowest BCUT2D eigenvalue weighted by Crippen LogP contribution is -1.74. The predicted molar refractivity (Wildman–Crippen MR) is 46.0 cm³/mol. The van der Waals surface area contributed by atoms with Crippen molar-refractivity contribution in [2.24, 2.45) is 0 Å². The minimum Gasteiger partial charge on any atom is -0.356 e. The predicted octanol–water partition coefficient (Wildman–Crippen LogP) is 2.66. The Hall–Kier alpha value is -1.31. The summed E-state index contributed by atoms with van der Waals surface area (Å²) < 4.78 is 5.02. The molecule has 1 heterocycles. The van der Waals surface area contributed by atoms with Gasteiger partial charge in [0.2, 0.25) is 0 Å². The molecule has 0 spiro atoms. The Labute approximate surface area is 66.2 Å². The quantitative estimate of drug-likeness (QED) is 0.646. The van der Waals surface area contributed by atoms with E-state index in [9.17, 15) is 0 Å². The molecule has 0 N–H and O–H groups in total. The fourth-order valence-electron chi connectivity index (χ4n) is 0.914. The van der Waals surface area contributed by atoms with E-state index in [1.807, 2.05) is 26.0 Å². The molecular formula is C9H11NO. The number of aryl methyl sites for hydroxylation is 1. The highest BCUT2D eigenvalue weighted by Crippen LogP contribution is 2.15. The Morgan fingerprint density at radius 3 is 2.82 bits per heavy atom. The number of hydrogen-bond acceptors (Lipinski definition) is 2. The molecule has 2 nitrogen and oxygen atoms in total. The van der Waals surface area contributed by atoms with Crippen LogP contribution in [-0.4, -0.2) is 5.16 Å². The molecule has 0 fully saturated rings. The Kier molecular flexibility index (Phi) is 2.26. The van der Waals surface area contributed by atoms with Gasteiger partial charge in [0.05, 0.1) is 5.69 Å². The molecular weight excluding hydrogens is 138 g/mol. The zero-order valence-electron chi connectivity index (χ0n) is 6.79. The molecule has 0 aromatic carbocycles. The summed E-state index contributed by atoms with van der Waals surface area (Å²) in [5.41, 5.74) is 1.86. The van der Waals surface area contributed by atoms with Gasteiger partial charge >= 0.3 is 0 Å². The second-order valence-electron chi connectivity index (χ2n) is 2.25. The lowest BCUT2D eigenvalue weighted by Gasteiger charge is -1.86. The number of hydrogen-bond donors (Lipinski definition) is 0. The standard InChI is InChI=1S/C9H11NO/c1-4-6-9-8(5-2)7(3)10-11-9/h4-6H,2H2,1,3H3/b6-4-. The fourth-order valence-corrected chi connectivity index (χ4v) is 0.914. The largest absolute Gasteiger partial charge is 0.356 e. The number of allylic oxidation sites excluding steroid dienone is 1. The molecule has 0 amide bonds. The Morgan fingerprint density at radius 1 is 1.55 bits per heavy atom. The van der Waals surface area contributed by atoms with E-state index in [0.717, 1.165) is 17.0 Å². The molecule has 0 aliphatic heterocycles. The lowest BCUT2D eigenvalue weighted by atomic mass is 10.2. The molecule has 1 aromatic heterocycles. The Bertz CT molecular complexity index is 284. The molecule has 0 radical (unpaired) electrons. The van der Waals surface area contributed by atoms with Crippen molar-refractivity contribution in [1.82, 2.24) is 5.16 Å². The van der Waals surface area contributed by atoms with Crippen LogP contribution < -0.4 is 0 Å². The van der Waals surface area contributed by atoms with Gasteiger partial charge in [-0.05, 0) is 19.9 Å². The van der Waals surface area contributed by atoms with Gasteiger partial charge in [0.1, 0.15) is 0 Å². The molecule has 0 aliphatic carbocycles. The van der Waals surface area contributed by atoms with E-state index >= 15 is 0 Å². The van der Waals surface area contributed by atoms with Crippen LogP contribution in [-0.2, 0) is 0 Å². The van der Waals surface area contributed by atoms with Crippen molar-refractivity contribution < 1.29 is 4.52 Å². The molecule has 11 heavy (non-hydrogen) atoms. The Balaban J connectivity index is 3.15. The van der Waals surface area contributed by atoms with Crippen molar-refractivity contribution in [3.05, 3.63) is 29.7 Å². The van der Waals surface area contributed by atoms with E-state index in [4.69, 9.17) is 4.52 Å². The van der Waals surface area contributed by atoms with Crippen LogP contribution in [0.25, 0.3) is 12.2 Å². The van der Waals surface area contributed by atoms with Gasteiger partial charge < -0.3 is 4.52 Å². The summed E-state index contributed by atoms with van der Waals surface area (Å²) in [6.07, 6.45) is 5.53. The van der Waals surface area contributed by atoms with Crippen LogP contribution in [0.4, 0.5) is 0 Å². The maximum absolute atomic E-state index is 5.02. The van der Waals surface area contributed by atoms with Gasteiger partial charge in [0.15, 0.2) is 5.76 Å². The average molecular weight is 149 g/mol. The van der Waals surface area contributed by atoms with Crippen molar-refractivity contribution in [2.45, 2.75) is 13.8 Å². The highest BCUT2D eigenvalue weighted by atomic mass is 16.5. The van der Waals surface area contributed by atoms with Crippen LogP contribution in [0.2, 0.25) is 0 Å². The van der Waals surface area contributed by atoms with Gasteiger partial charge in [-0.25, -0.2) is 0 Å². The summed E-state index contributed by atoms with van der Waals surface area (Å²) >= 11 is 0.